The molecule has 4 aromatic rings. The number of aromatic nitrogens is 2. The van der Waals surface area contributed by atoms with Crippen molar-refractivity contribution in [2.24, 2.45) is 0 Å². The van der Waals surface area contributed by atoms with Crippen LogP contribution < -0.4 is 14.8 Å². The molecule has 31 heavy (non-hydrogen) atoms. The van der Waals surface area contributed by atoms with E-state index in [1.54, 1.807) is 36.4 Å². The highest BCUT2D eigenvalue weighted by molar-refractivity contribution is 5.92. The standard InChI is InChI=1S/C23H19F2N3O3/c24-23(25)31-20-5-3-4-16(12-20)13-22(29)27-17-7-9-19(10-8-17)30-15-18-14-28-11-2-1-6-21(28)26-18/h1-12,14,23H,13,15H2,(H,27,29). The van der Waals surface area contributed by atoms with Crippen molar-refractivity contribution in [2.45, 2.75) is 19.6 Å². The van der Waals surface area contributed by atoms with Gasteiger partial charge in [-0.2, -0.15) is 8.78 Å². The van der Waals surface area contributed by atoms with Crippen LogP contribution in [0.3, 0.4) is 0 Å². The molecule has 0 saturated heterocycles. The van der Waals surface area contributed by atoms with Crippen LogP contribution in [0.1, 0.15) is 11.3 Å². The average molecular weight is 423 g/mol. The highest BCUT2D eigenvalue weighted by Gasteiger charge is 2.08. The van der Waals surface area contributed by atoms with E-state index < -0.39 is 6.61 Å². The van der Waals surface area contributed by atoms with Crippen molar-refractivity contribution >= 4 is 17.2 Å². The molecule has 2 aromatic heterocycles. The van der Waals surface area contributed by atoms with Gasteiger partial charge in [-0.15, -0.1) is 0 Å². The van der Waals surface area contributed by atoms with Crippen LogP contribution >= 0.6 is 0 Å². The van der Waals surface area contributed by atoms with E-state index in [9.17, 15) is 13.6 Å². The highest BCUT2D eigenvalue weighted by Crippen LogP contribution is 2.19. The van der Waals surface area contributed by atoms with E-state index in [4.69, 9.17) is 4.74 Å². The van der Waals surface area contributed by atoms with Gasteiger partial charge < -0.3 is 19.2 Å². The van der Waals surface area contributed by atoms with Gasteiger partial charge in [0.25, 0.3) is 0 Å². The summed E-state index contributed by atoms with van der Waals surface area (Å²) < 4.78 is 36.7. The molecule has 2 aromatic carbocycles. The maximum Gasteiger partial charge on any atom is 0.387 e. The van der Waals surface area contributed by atoms with E-state index in [-0.39, 0.29) is 18.1 Å². The van der Waals surface area contributed by atoms with E-state index in [2.05, 4.69) is 15.0 Å². The minimum Gasteiger partial charge on any atom is -0.487 e. The van der Waals surface area contributed by atoms with Crippen molar-refractivity contribution in [2.75, 3.05) is 5.32 Å². The van der Waals surface area contributed by atoms with E-state index in [0.717, 1.165) is 11.3 Å². The summed E-state index contributed by atoms with van der Waals surface area (Å²) in [7, 11) is 0. The Kier molecular flexibility index (Phi) is 6.07. The van der Waals surface area contributed by atoms with Crippen LogP contribution in [-0.2, 0) is 17.8 Å². The zero-order valence-corrected chi connectivity index (χ0v) is 16.4. The second-order valence-electron chi connectivity index (χ2n) is 6.76. The molecule has 8 heteroatoms. The van der Waals surface area contributed by atoms with E-state index in [1.165, 1.54) is 12.1 Å². The number of ether oxygens (including phenoxy) is 2. The maximum atomic E-state index is 12.3. The lowest BCUT2D eigenvalue weighted by Crippen LogP contribution is -2.14. The molecule has 158 valence electrons. The van der Waals surface area contributed by atoms with Gasteiger partial charge in [-0.1, -0.05) is 18.2 Å². The molecule has 0 radical (unpaired) electrons. The third-order valence-corrected chi connectivity index (χ3v) is 4.43. The lowest BCUT2D eigenvalue weighted by Gasteiger charge is -2.09. The summed E-state index contributed by atoms with van der Waals surface area (Å²) >= 11 is 0. The van der Waals surface area contributed by atoms with E-state index >= 15 is 0 Å². The van der Waals surface area contributed by atoms with Gasteiger partial charge in [-0.05, 0) is 54.1 Å². The number of nitrogens with zero attached hydrogens (tertiary/aromatic N) is 2. The number of anilines is 1. The summed E-state index contributed by atoms with van der Waals surface area (Å²) in [5.74, 6) is 0.395. The molecule has 0 unspecified atom stereocenters. The molecule has 0 spiro atoms. The number of carbonyl (C=O) groups is 1. The Labute approximate surface area is 177 Å². The first kappa shape index (κ1) is 20.3. The number of carbonyl (C=O) groups excluding carboxylic acids is 1. The smallest absolute Gasteiger partial charge is 0.387 e. The predicted octanol–water partition coefficient (Wildman–Crippen LogP) is 4.70. The number of amides is 1. The van der Waals surface area contributed by atoms with Gasteiger partial charge in [0.05, 0.1) is 12.1 Å². The van der Waals surface area contributed by atoms with Crippen LogP contribution in [0.2, 0.25) is 0 Å². The largest absolute Gasteiger partial charge is 0.487 e. The van der Waals surface area contributed by atoms with Gasteiger partial charge in [-0.3, -0.25) is 4.79 Å². The molecule has 0 aliphatic rings. The molecule has 0 atom stereocenters. The summed E-state index contributed by atoms with van der Waals surface area (Å²) in [6.45, 7) is -2.58. The van der Waals surface area contributed by atoms with Crippen molar-refractivity contribution in [3.8, 4) is 11.5 Å². The molecule has 1 N–H and O–H groups in total. The quantitative estimate of drug-likeness (QED) is 0.446. The summed E-state index contributed by atoms with van der Waals surface area (Å²) in [5, 5.41) is 2.77. The van der Waals surface area contributed by atoms with Crippen LogP contribution in [0.4, 0.5) is 14.5 Å². The molecular weight excluding hydrogens is 404 g/mol. The number of imidazole rings is 1. The van der Waals surface area contributed by atoms with Crippen molar-refractivity contribution in [3.63, 3.8) is 0 Å². The average Bonchev–Trinajstić information content (AvgIpc) is 3.16. The van der Waals surface area contributed by atoms with Crippen molar-refractivity contribution in [3.05, 3.63) is 90.4 Å². The number of hydrogen-bond donors (Lipinski definition) is 1. The summed E-state index contributed by atoms with van der Waals surface area (Å²) in [6.07, 6.45) is 3.86. The molecule has 0 aliphatic heterocycles. The minimum absolute atomic E-state index is 0.0207. The van der Waals surface area contributed by atoms with E-state index in [0.29, 0.717) is 23.6 Å². The Morgan fingerprint density at radius 3 is 2.65 bits per heavy atom. The Morgan fingerprint density at radius 2 is 1.87 bits per heavy atom. The zero-order valence-electron chi connectivity index (χ0n) is 16.4. The van der Waals surface area contributed by atoms with Crippen molar-refractivity contribution in [1.29, 1.82) is 0 Å². The second kappa shape index (κ2) is 9.25. The van der Waals surface area contributed by atoms with Crippen LogP contribution in [0.5, 0.6) is 11.5 Å². The monoisotopic (exact) mass is 423 g/mol. The van der Waals surface area contributed by atoms with Gasteiger partial charge in [0.2, 0.25) is 5.91 Å². The molecule has 0 saturated carbocycles. The molecule has 2 heterocycles. The van der Waals surface area contributed by atoms with Gasteiger partial charge in [0.15, 0.2) is 0 Å². The molecule has 6 nitrogen and oxygen atoms in total. The zero-order chi connectivity index (χ0) is 21.6. The Hall–Kier alpha value is -3.94. The Bertz CT molecular complexity index is 1140. The lowest BCUT2D eigenvalue weighted by atomic mass is 10.1. The molecular formula is C23H19F2N3O3. The normalized spacial score (nSPS) is 10.9. The first-order valence-electron chi connectivity index (χ1n) is 9.54. The lowest BCUT2D eigenvalue weighted by molar-refractivity contribution is -0.115. The molecule has 0 fully saturated rings. The molecule has 4 rings (SSSR count). The summed E-state index contributed by atoms with van der Waals surface area (Å²) in [5.41, 5.74) is 2.83. The first-order chi connectivity index (χ1) is 15.0. The van der Waals surface area contributed by atoms with Crippen LogP contribution in [0.25, 0.3) is 5.65 Å². The fourth-order valence-corrected chi connectivity index (χ4v) is 3.07. The minimum atomic E-state index is -2.91. The number of pyridine rings is 1. The highest BCUT2D eigenvalue weighted by atomic mass is 19.3. The third-order valence-electron chi connectivity index (χ3n) is 4.43. The predicted molar refractivity (Wildman–Crippen MR) is 111 cm³/mol. The maximum absolute atomic E-state index is 12.3. The third kappa shape index (κ3) is 5.57. The summed E-state index contributed by atoms with van der Waals surface area (Å²) in [4.78, 5) is 16.7. The second-order valence-corrected chi connectivity index (χ2v) is 6.76. The van der Waals surface area contributed by atoms with Gasteiger partial charge in [0, 0.05) is 18.1 Å². The first-order valence-corrected chi connectivity index (χ1v) is 9.54. The van der Waals surface area contributed by atoms with Crippen molar-refractivity contribution < 1.29 is 23.0 Å². The topological polar surface area (TPSA) is 64.9 Å². The fraction of sp³-hybridized carbons (Fsp3) is 0.130. The summed E-state index contributed by atoms with van der Waals surface area (Å²) in [6, 6.07) is 18.8. The van der Waals surface area contributed by atoms with Gasteiger partial charge in [0.1, 0.15) is 23.8 Å². The van der Waals surface area contributed by atoms with Crippen LogP contribution in [0, 0.1) is 0 Å². The van der Waals surface area contributed by atoms with Gasteiger partial charge in [-0.25, -0.2) is 4.98 Å². The van der Waals surface area contributed by atoms with Gasteiger partial charge >= 0.3 is 6.61 Å². The molecule has 0 bridgehead atoms. The van der Waals surface area contributed by atoms with Crippen molar-refractivity contribution in [1.82, 2.24) is 9.38 Å². The Balaban J connectivity index is 1.30. The molecule has 0 aliphatic carbocycles. The van der Waals surface area contributed by atoms with Crippen LogP contribution in [0.15, 0.2) is 79.1 Å². The number of nitrogens with one attached hydrogen (secondary N) is 1. The number of fused-ring (bicyclic) bond motifs is 1. The SMILES string of the molecule is O=C(Cc1cccc(OC(F)F)c1)Nc1ccc(OCc2cn3ccccc3n2)cc1. The molecule has 1 amide bonds. The number of benzene rings is 2. The number of rotatable bonds is 8. The number of alkyl halides is 2. The van der Waals surface area contributed by atoms with Crippen LogP contribution in [-0.4, -0.2) is 21.9 Å². The number of hydrogen-bond acceptors (Lipinski definition) is 4. The fourth-order valence-electron chi connectivity index (χ4n) is 3.07. The number of halogens is 2. The van der Waals surface area contributed by atoms with E-state index in [1.807, 2.05) is 35.0 Å². The Morgan fingerprint density at radius 1 is 1.03 bits per heavy atom.